The fraction of sp³-hybridized carbons (Fsp3) is 0.238. The van der Waals surface area contributed by atoms with E-state index in [9.17, 15) is 18.0 Å². The first-order valence-electron chi connectivity index (χ1n) is 9.18. The molecule has 1 amide bonds. The van der Waals surface area contributed by atoms with Gasteiger partial charge in [0.05, 0.1) is 27.0 Å². The number of carbonyl (C=O) groups is 2. The van der Waals surface area contributed by atoms with Crippen LogP contribution in [0.15, 0.2) is 47.4 Å². The van der Waals surface area contributed by atoms with Crippen molar-refractivity contribution in [3.8, 4) is 11.5 Å². The SMILES string of the molecule is CCC(=O)Nc1cccc(NS(=O)(=O)c2cc(/C=C/C(=O)OC)cc(OC)c2OC)c1. The molecule has 2 aromatic rings. The molecule has 0 aliphatic rings. The van der Waals surface area contributed by atoms with Gasteiger partial charge in [0.25, 0.3) is 10.0 Å². The summed E-state index contributed by atoms with van der Waals surface area (Å²) in [7, 11) is -0.198. The Balaban J connectivity index is 2.47. The molecule has 0 bridgehead atoms. The van der Waals surface area contributed by atoms with Gasteiger partial charge >= 0.3 is 5.97 Å². The maximum atomic E-state index is 13.1. The fourth-order valence-electron chi connectivity index (χ4n) is 2.60. The summed E-state index contributed by atoms with van der Waals surface area (Å²) in [5.41, 5.74) is 1.07. The van der Waals surface area contributed by atoms with E-state index in [0.717, 1.165) is 6.08 Å². The van der Waals surface area contributed by atoms with Crippen LogP contribution in [0.5, 0.6) is 11.5 Å². The Morgan fingerprint density at radius 2 is 1.74 bits per heavy atom. The van der Waals surface area contributed by atoms with Crippen molar-refractivity contribution in [3.63, 3.8) is 0 Å². The van der Waals surface area contributed by atoms with Crippen LogP contribution in [0.2, 0.25) is 0 Å². The summed E-state index contributed by atoms with van der Waals surface area (Å²) in [5.74, 6) is -0.626. The van der Waals surface area contributed by atoms with Gasteiger partial charge in [0.1, 0.15) is 4.90 Å². The van der Waals surface area contributed by atoms with Gasteiger partial charge in [-0.1, -0.05) is 13.0 Å². The van der Waals surface area contributed by atoms with E-state index in [0.29, 0.717) is 17.7 Å². The van der Waals surface area contributed by atoms with E-state index in [1.165, 1.54) is 45.6 Å². The zero-order valence-electron chi connectivity index (χ0n) is 17.6. The number of hydrogen-bond acceptors (Lipinski definition) is 7. The molecule has 0 saturated heterocycles. The van der Waals surface area contributed by atoms with Crippen LogP contribution >= 0.6 is 0 Å². The maximum absolute atomic E-state index is 13.1. The van der Waals surface area contributed by atoms with Gasteiger partial charge in [-0.05, 0) is 42.0 Å². The van der Waals surface area contributed by atoms with Gasteiger partial charge < -0.3 is 19.5 Å². The molecule has 0 radical (unpaired) electrons. The number of amides is 1. The molecular formula is C21H24N2O7S. The van der Waals surface area contributed by atoms with E-state index in [2.05, 4.69) is 14.8 Å². The lowest BCUT2D eigenvalue weighted by Crippen LogP contribution is -2.15. The first kappa shape index (κ1) is 23.7. The number of anilines is 2. The number of rotatable bonds is 9. The third-order valence-corrected chi connectivity index (χ3v) is 5.48. The molecule has 0 aliphatic heterocycles. The minimum atomic E-state index is -4.12. The lowest BCUT2D eigenvalue weighted by molar-refractivity contribution is -0.134. The second kappa shape index (κ2) is 10.5. The van der Waals surface area contributed by atoms with Gasteiger partial charge in [0.15, 0.2) is 11.5 Å². The quantitative estimate of drug-likeness (QED) is 0.447. The summed E-state index contributed by atoms with van der Waals surface area (Å²) in [4.78, 5) is 22.8. The molecule has 2 N–H and O–H groups in total. The molecule has 2 rings (SSSR count). The molecule has 0 heterocycles. The van der Waals surface area contributed by atoms with E-state index >= 15 is 0 Å². The number of methoxy groups -OCH3 is 3. The molecule has 0 fully saturated rings. The molecule has 166 valence electrons. The molecule has 31 heavy (non-hydrogen) atoms. The highest BCUT2D eigenvalue weighted by molar-refractivity contribution is 7.92. The highest BCUT2D eigenvalue weighted by Gasteiger charge is 2.24. The first-order chi connectivity index (χ1) is 14.7. The lowest BCUT2D eigenvalue weighted by atomic mass is 10.2. The van der Waals surface area contributed by atoms with Gasteiger partial charge in [-0.2, -0.15) is 0 Å². The van der Waals surface area contributed by atoms with Crippen LogP contribution in [0, 0.1) is 0 Å². The van der Waals surface area contributed by atoms with Gasteiger partial charge in [0.2, 0.25) is 5.91 Å². The second-order valence-corrected chi connectivity index (χ2v) is 7.85. The summed E-state index contributed by atoms with van der Waals surface area (Å²) in [6.07, 6.45) is 2.84. The third kappa shape index (κ3) is 6.22. The maximum Gasteiger partial charge on any atom is 0.330 e. The zero-order chi connectivity index (χ0) is 23.0. The van der Waals surface area contributed by atoms with Crippen molar-refractivity contribution in [1.82, 2.24) is 0 Å². The average Bonchev–Trinajstić information content (AvgIpc) is 2.76. The molecule has 0 unspecified atom stereocenters. The summed E-state index contributed by atoms with van der Waals surface area (Å²) >= 11 is 0. The normalized spacial score (nSPS) is 11.1. The minimum Gasteiger partial charge on any atom is -0.493 e. The van der Waals surface area contributed by atoms with Crippen molar-refractivity contribution in [2.75, 3.05) is 31.4 Å². The second-order valence-electron chi connectivity index (χ2n) is 6.20. The first-order valence-corrected chi connectivity index (χ1v) is 10.7. The highest BCUT2D eigenvalue weighted by Crippen LogP contribution is 2.37. The molecule has 0 saturated carbocycles. The number of ether oxygens (including phenoxy) is 3. The van der Waals surface area contributed by atoms with Crippen molar-refractivity contribution in [3.05, 3.63) is 48.0 Å². The number of carbonyl (C=O) groups excluding carboxylic acids is 2. The summed E-state index contributed by atoms with van der Waals surface area (Å²) < 4.78 is 43.8. The molecule has 9 nitrogen and oxygen atoms in total. The van der Waals surface area contributed by atoms with Gasteiger partial charge in [0, 0.05) is 18.2 Å². The van der Waals surface area contributed by atoms with Crippen molar-refractivity contribution in [2.45, 2.75) is 18.2 Å². The lowest BCUT2D eigenvalue weighted by Gasteiger charge is -2.16. The van der Waals surface area contributed by atoms with Gasteiger partial charge in [-0.25, -0.2) is 13.2 Å². The Morgan fingerprint density at radius 3 is 2.35 bits per heavy atom. The van der Waals surface area contributed by atoms with Gasteiger partial charge in [-0.15, -0.1) is 0 Å². The van der Waals surface area contributed by atoms with Crippen LogP contribution in [-0.4, -0.2) is 41.6 Å². The Morgan fingerprint density at radius 1 is 1.03 bits per heavy atom. The van der Waals surface area contributed by atoms with Crippen molar-refractivity contribution >= 4 is 39.4 Å². The standard InChI is InChI=1S/C21H24N2O7S/c1-5-19(24)22-15-7-6-8-16(13-15)23-31(26,27)18-12-14(9-10-20(25)29-3)11-17(28-2)21(18)30-4/h6-13,23H,5H2,1-4H3,(H,22,24)/b10-9+. The van der Waals surface area contributed by atoms with E-state index in [4.69, 9.17) is 9.47 Å². The van der Waals surface area contributed by atoms with Crippen molar-refractivity contribution in [1.29, 1.82) is 0 Å². The monoisotopic (exact) mass is 448 g/mol. The average molecular weight is 448 g/mol. The van der Waals surface area contributed by atoms with E-state index in [1.807, 2.05) is 0 Å². The minimum absolute atomic E-state index is 0.000610. The number of sulfonamides is 1. The van der Waals surface area contributed by atoms with Gasteiger partial charge in [-0.3, -0.25) is 9.52 Å². The molecule has 0 aromatic heterocycles. The molecule has 0 spiro atoms. The summed E-state index contributed by atoms with van der Waals surface area (Å²) in [6, 6.07) is 9.16. The Kier molecular flexibility index (Phi) is 8.03. The van der Waals surface area contributed by atoms with E-state index in [1.54, 1.807) is 25.1 Å². The Labute approximate surface area is 181 Å². The van der Waals surface area contributed by atoms with E-state index in [-0.39, 0.29) is 28.0 Å². The topological polar surface area (TPSA) is 120 Å². The number of hydrogen-bond donors (Lipinski definition) is 2. The molecule has 10 heteroatoms. The molecule has 0 aliphatic carbocycles. The smallest absolute Gasteiger partial charge is 0.330 e. The van der Waals surface area contributed by atoms with Crippen LogP contribution in [0.25, 0.3) is 6.08 Å². The fourth-order valence-corrected chi connectivity index (χ4v) is 3.86. The van der Waals surface area contributed by atoms with Crippen LogP contribution < -0.4 is 19.5 Å². The zero-order valence-corrected chi connectivity index (χ0v) is 18.4. The Bertz CT molecular complexity index is 1090. The van der Waals surface area contributed by atoms with Crippen LogP contribution in [-0.2, 0) is 24.3 Å². The Hall–Kier alpha value is -3.53. The summed E-state index contributed by atoms with van der Waals surface area (Å²) in [6.45, 7) is 1.71. The van der Waals surface area contributed by atoms with Crippen LogP contribution in [0.4, 0.5) is 11.4 Å². The van der Waals surface area contributed by atoms with Crippen molar-refractivity contribution in [2.24, 2.45) is 0 Å². The third-order valence-electron chi connectivity index (χ3n) is 4.09. The number of benzene rings is 2. The molecule has 0 atom stereocenters. The number of nitrogens with one attached hydrogen (secondary N) is 2. The van der Waals surface area contributed by atoms with E-state index < -0.39 is 16.0 Å². The molecular weight excluding hydrogens is 424 g/mol. The van der Waals surface area contributed by atoms with Crippen LogP contribution in [0.3, 0.4) is 0 Å². The number of esters is 1. The largest absolute Gasteiger partial charge is 0.493 e. The predicted octanol–water partition coefficient (Wildman–Crippen LogP) is 3.04. The van der Waals surface area contributed by atoms with Crippen LogP contribution in [0.1, 0.15) is 18.9 Å². The van der Waals surface area contributed by atoms with Crippen molar-refractivity contribution < 1.29 is 32.2 Å². The predicted molar refractivity (Wildman–Crippen MR) is 117 cm³/mol. The molecule has 2 aromatic carbocycles. The summed E-state index contributed by atoms with van der Waals surface area (Å²) in [5, 5.41) is 2.67. The highest BCUT2D eigenvalue weighted by atomic mass is 32.2.